The SMILES string of the molecule is Cc1ccc2nc(CSc3nnnn3-c3ccc(O)cc3)cc(=O)n2c1. The minimum Gasteiger partial charge on any atom is -0.508 e. The first kappa shape index (κ1) is 16.3. The molecule has 0 amide bonds. The number of hydrogen-bond donors (Lipinski definition) is 1. The van der Waals surface area contributed by atoms with Gasteiger partial charge in [0.15, 0.2) is 0 Å². The van der Waals surface area contributed by atoms with Gasteiger partial charge in [0, 0.05) is 18.0 Å². The van der Waals surface area contributed by atoms with Crippen molar-refractivity contribution in [1.82, 2.24) is 29.6 Å². The largest absolute Gasteiger partial charge is 0.508 e. The molecule has 3 aromatic heterocycles. The quantitative estimate of drug-likeness (QED) is 0.551. The Labute approximate surface area is 152 Å². The van der Waals surface area contributed by atoms with Crippen LogP contribution in [0.1, 0.15) is 11.3 Å². The number of aromatic nitrogens is 6. The molecular formula is C17H14N6O2S. The van der Waals surface area contributed by atoms with Gasteiger partial charge in [-0.15, -0.1) is 5.10 Å². The van der Waals surface area contributed by atoms with E-state index in [-0.39, 0.29) is 11.3 Å². The molecule has 9 heteroatoms. The van der Waals surface area contributed by atoms with Gasteiger partial charge in [0.1, 0.15) is 11.4 Å². The molecule has 8 nitrogen and oxygen atoms in total. The van der Waals surface area contributed by atoms with E-state index in [1.807, 2.05) is 19.1 Å². The number of aromatic hydroxyl groups is 1. The summed E-state index contributed by atoms with van der Waals surface area (Å²) in [5.41, 5.74) is 2.88. The second-order valence-electron chi connectivity index (χ2n) is 5.70. The molecular weight excluding hydrogens is 352 g/mol. The lowest BCUT2D eigenvalue weighted by atomic mass is 10.3. The van der Waals surface area contributed by atoms with Crippen molar-refractivity contribution in [1.29, 1.82) is 0 Å². The number of benzene rings is 1. The Morgan fingerprint density at radius 3 is 2.77 bits per heavy atom. The van der Waals surface area contributed by atoms with E-state index in [1.165, 1.54) is 22.2 Å². The van der Waals surface area contributed by atoms with Gasteiger partial charge in [-0.1, -0.05) is 17.8 Å². The maximum absolute atomic E-state index is 12.3. The predicted octanol–water partition coefficient (Wildman–Crippen LogP) is 1.98. The third-order valence-corrected chi connectivity index (χ3v) is 4.70. The minimum atomic E-state index is -0.118. The molecule has 0 bridgehead atoms. The van der Waals surface area contributed by atoms with Crippen molar-refractivity contribution in [3.05, 3.63) is 70.3 Å². The number of pyridine rings is 1. The molecule has 0 atom stereocenters. The summed E-state index contributed by atoms with van der Waals surface area (Å²) in [7, 11) is 0. The Morgan fingerprint density at radius 2 is 1.96 bits per heavy atom. The zero-order valence-corrected chi connectivity index (χ0v) is 14.6. The summed E-state index contributed by atoms with van der Waals surface area (Å²) in [5, 5.41) is 21.7. The standard InChI is InChI=1S/C17H14N6O2S/c1-11-2-7-15-18-12(8-16(25)22(15)9-11)10-26-17-19-20-21-23(17)13-3-5-14(24)6-4-13/h2-9,24H,10H2,1H3. The smallest absolute Gasteiger partial charge is 0.258 e. The molecule has 4 aromatic rings. The molecule has 4 rings (SSSR count). The van der Waals surface area contributed by atoms with E-state index in [0.29, 0.717) is 22.3 Å². The molecule has 0 saturated carbocycles. The summed E-state index contributed by atoms with van der Waals surface area (Å²) in [5.74, 6) is 0.630. The van der Waals surface area contributed by atoms with Crippen molar-refractivity contribution < 1.29 is 5.11 Å². The number of phenolic OH excluding ortho intramolecular Hbond substituents is 1. The molecule has 0 spiro atoms. The van der Waals surface area contributed by atoms with Crippen molar-refractivity contribution in [2.45, 2.75) is 17.8 Å². The number of aryl methyl sites for hydroxylation is 1. The number of phenols is 1. The number of nitrogens with zero attached hydrogens (tertiary/aromatic N) is 6. The van der Waals surface area contributed by atoms with Gasteiger partial charge in [0.25, 0.3) is 5.56 Å². The number of tetrazole rings is 1. The lowest BCUT2D eigenvalue weighted by Crippen LogP contribution is -2.15. The van der Waals surface area contributed by atoms with Crippen LogP contribution < -0.4 is 5.56 Å². The monoisotopic (exact) mass is 366 g/mol. The summed E-state index contributed by atoms with van der Waals surface area (Å²) >= 11 is 1.38. The maximum Gasteiger partial charge on any atom is 0.258 e. The van der Waals surface area contributed by atoms with Crippen LogP contribution in [0.3, 0.4) is 0 Å². The van der Waals surface area contributed by atoms with Crippen LogP contribution in [0.4, 0.5) is 0 Å². The van der Waals surface area contributed by atoms with Crippen molar-refractivity contribution in [2.75, 3.05) is 0 Å². The van der Waals surface area contributed by atoms with Gasteiger partial charge in [-0.2, -0.15) is 4.68 Å². The third kappa shape index (κ3) is 3.16. The van der Waals surface area contributed by atoms with Crippen LogP contribution in [-0.4, -0.2) is 34.7 Å². The molecule has 0 aliphatic heterocycles. The van der Waals surface area contributed by atoms with Gasteiger partial charge in [-0.05, 0) is 53.2 Å². The Kier molecular flexibility index (Phi) is 4.13. The van der Waals surface area contributed by atoms with Gasteiger partial charge >= 0.3 is 0 Å². The van der Waals surface area contributed by atoms with Crippen LogP contribution in [0.2, 0.25) is 0 Å². The second-order valence-corrected chi connectivity index (χ2v) is 6.64. The highest BCUT2D eigenvalue weighted by molar-refractivity contribution is 7.98. The molecule has 26 heavy (non-hydrogen) atoms. The first-order chi connectivity index (χ1) is 12.6. The van der Waals surface area contributed by atoms with Crippen LogP contribution in [0.5, 0.6) is 5.75 Å². The summed E-state index contributed by atoms with van der Waals surface area (Å²) in [6.07, 6.45) is 1.77. The van der Waals surface area contributed by atoms with Crippen molar-refractivity contribution in [3.63, 3.8) is 0 Å². The fourth-order valence-electron chi connectivity index (χ4n) is 2.50. The minimum absolute atomic E-state index is 0.118. The van der Waals surface area contributed by atoms with Gasteiger partial charge in [-0.3, -0.25) is 9.20 Å². The first-order valence-electron chi connectivity index (χ1n) is 7.80. The first-order valence-corrected chi connectivity index (χ1v) is 8.78. The predicted molar refractivity (Wildman–Crippen MR) is 96.6 cm³/mol. The zero-order valence-electron chi connectivity index (χ0n) is 13.8. The molecule has 1 aromatic carbocycles. The summed E-state index contributed by atoms with van der Waals surface area (Å²) in [6.45, 7) is 1.93. The fourth-order valence-corrected chi connectivity index (χ4v) is 3.28. The lowest BCUT2D eigenvalue weighted by molar-refractivity contribution is 0.475. The van der Waals surface area contributed by atoms with Crippen molar-refractivity contribution >= 4 is 17.4 Å². The lowest BCUT2D eigenvalue weighted by Gasteiger charge is -2.06. The van der Waals surface area contributed by atoms with Crippen LogP contribution >= 0.6 is 11.8 Å². The average Bonchev–Trinajstić information content (AvgIpc) is 3.10. The van der Waals surface area contributed by atoms with Crippen LogP contribution in [-0.2, 0) is 5.75 Å². The summed E-state index contributed by atoms with van der Waals surface area (Å²) < 4.78 is 3.10. The Balaban J connectivity index is 1.60. The number of fused-ring (bicyclic) bond motifs is 1. The Bertz CT molecular complexity index is 1140. The van der Waals surface area contributed by atoms with E-state index in [0.717, 1.165) is 11.3 Å². The molecule has 0 radical (unpaired) electrons. The van der Waals surface area contributed by atoms with Gasteiger partial charge in [-0.25, -0.2) is 4.98 Å². The average molecular weight is 366 g/mol. The molecule has 0 fully saturated rings. The second kappa shape index (κ2) is 6.60. The van der Waals surface area contributed by atoms with E-state index in [9.17, 15) is 9.90 Å². The highest BCUT2D eigenvalue weighted by Crippen LogP contribution is 2.22. The molecule has 0 aliphatic rings. The zero-order chi connectivity index (χ0) is 18.1. The van der Waals surface area contributed by atoms with Crippen molar-refractivity contribution in [2.24, 2.45) is 0 Å². The van der Waals surface area contributed by atoms with Crippen LogP contribution in [0, 0.1) is 6.92 Å². The van der Waals surface area contributed by atoms with E-state index in [1.54, 1.807) is 35.1 Å². The van der Waals surface area contributed by atoms with Crippen molar-refractivity contribution in [3.8, 4) is 11.4 Å². The normalized spacial score (nSPS) is 11.1. The number of hydrogen-bond acceptors (Lipinski definition) is 7. The van der Waals surface area contributed by atoms with Gasteiger partial charge < -0.3 is 5.11 Å². The Hall–Kier alpha value is -3.20. The van der Waals surface area contributed by atoms with Crippen LogP contribution in [0.15, 0.2) is 58.6 Å². The van der Waals surface area contributed by atoms with Gasteiger partial charge in [0.2, 0.25) is 5.16 Å². The highest BCUT2D eigenvalue weighted by Gasteiger charge is 2.11. The number of thioether (sulfide) groups is 1. The Morgan fingerprint density at radius 1 is 1.15 bits per heavy atom. The molecule has 0 aliphatic carbocycles. The number of rotatable bonds is 4. The third-order valence-electron chi connectivity index (χ3n) is 3.74. The highest BCUT2D eigenvalue weighted by atomic mass is 32.2. The topological polar surface area (TPSA) is 98.2 Å². The fraction of sp³-hybridized carbons (Fsp3) is 0.118. The van der Waals surface area contributed by atoms with E-state index in [2.05, 4.69) is 20.5 Å². The summed E-state index contributed by atoms with van der Waals surface area (Å²) in [6, 6.07) is 11.8. The van der Waals surface area contributed by atoms with E-state index >= 15 is 0 Å². The molecule has 130 valence electrons. The molecule has 0 unspecified atom stereocenters. The maximum atomic E-state index is 12.3. The van der Waals surface area contributed by atoms with E-state index < -0.39 is 0 Å². The van der Waals surface area contributed by atoms with Gasteiger partial charge in [0.05, 0.1) is 11.4 Å². The molecule has 1 N–H and O–H groups in total. The molecule has 0 saturated heterocycles. The van der Waals surface area contributed by atoms with E-state index in [4.69, 9.17) is 0 Å². The summed E-state index contributed by atoms with van der Waals surface area (Å²) in [4.78, 5) is 16.8. The van der Waals surface area contributed by atoms with Crippen LogP contribution in [0.25, 0.3) is 11.3 Å². The molecule has 3 heterocycles.